The average molecular weight is 217 g/mol. The first-order valence-electron chi connectivity index (χ1n) is 5.48. The van der Waals surface area contributed by atoms with E-state index in [4.69, 9.17) is 15.7 Å². The van der Waals surface area contributed by atoms with Gasteiger partial charge in [0.25, 0.3) is 0 Å². The van der Waals surface area contributed by atoms with E-state index >= 15 is 0 Å². The lowest BCUT2D eigenvalue weighted by Crippen LogP contribution is -2.32. The molecule has 0 saturated carbocycles. The van der Waals surface area contributed by atoms with Crippen molar-refractivity contribution in [3.8, 4) is 0 Å². The molecule has 5 heteroatoms. The van der Waals surface area contributed by atoms with Crippen molar-refractivity contribution in [2.24, 2.45) is 10.9 Å². The number of hydrogen-bond acceptors (Lipinski definition) is 4. The average Bonchev–Trinajstić information content (AvgIpc) is 2.23. The van der Waals surface area contributed by atoms with Gasteiger partial charge in [0.15, 0.2) is 0 Å². The first-order valence-corrected chi connectivity index (χ1v) is 5.48. The third kappa shape index (κ3) is 9.49. The SMILES string of the molecule is CCCOCCCNC(C)CC(N)=NO. The van der Waals surface area contributed by atoms with Gasteiger partial charge < -0.3 is 21.0 Å². The van der Waals surface area contributed by atoms with Crippen molar-refractivity contribution in [3.05, 3.63) is 0 Å². The van der Waals surface area contributed by atoms with Crippen molar-refractivity contribution < 1.29 is 9.94 Å². The highest BCUT2D eigenvalue weighted by atomic mass is 16.5. The van der Waals surface area contributed by atoms with Gasteiger partial charge in [-0.2, -0.15) is 0 Å². The van der Waals surface area contributed by atoms with Gasteiger partial charge in [-0.25, -0.2) is 0 Å². The summed E-state index contributed by atoms with van der Waals surface area (Å²) in [5, 5.41) is 14.6. The predicted octanol–water partition coefficient (Wildman–Crippen LogP) is 0.918. The lowest BCUT2D eigenvalue weighted by atomic mass is 10.2. The van der Waals surface area contributed by atoms with Crippen LogP contribution in [0.5, 0.6) is 0 Å². The molecule has 0 amide bonds. The molecule has 4 N–H and O–H groups in total. The first kappa shape index (κ1) is 14.2. The van der Waals surface area contributed by atoms with Crippen LogP contribution in [0.4, 0.5) is 0 Å². The Morgan fingerprint density at radius 3 is 2.87 bits per heavy atom. The summed E-state index contributed by atoms with van der Waals surface area (Å²) in [6.45, 7) is 6.61. The molecule has 0 aliphatic carbocycles. The highest BCUT2D eigenvalue weighted by molar-refractivity contribution is 5.80. The van der Waals surface area contributed by atoms with Crippen LogP contribution >= 0.6 is 0 Å². The monoisotopic (exact) mass is 217 g/mol. The van der Waals surface area contributed by atoms with E-state index in [2.05, 4.69) is 17.4 Å². The molecule has 0 aromatic heterocycles. The minimum absolute atomic E-state index is 0.229. The highest BCUT2D eigenvalue weighted by Gasteiger charge is 2.03. The van der Waals surface area contributed by atoms with E-state index < -0.39 is 0 Å². The Kier molecular flexibility index (Phi) is 9.21. The van der Waals surface area contributed by atoms with Crippen LogP contribution in [-0.2, 0) is 4.74 Å². The molecule has 0 aromatic carbocycles. The zero-order valence-electron chi connectivity index (χ0n) is 9.70. The number of rotatable bonds is 9. The van der Waals surface area contributed by atoms with Crippen molar-refractivity contribution in [3.63, 3.8) is 0 Å². The summed E-state index contributed by atoms with van der Waals surface area (Å²) in [5.74, 6) is 0.261. The number of hydrogen-bond donors (Lipinski definition) is 3. The zero-order valence-corrected chi connectivity index (χ0v) is 9.70. The quantitative estimate of drug-likeness (QED) is 0.176. The summed E-state index contributed by atoms with van der Waals surface area (Å²) in [6, 6.07) is 0.229. The molecule has 0 spiro atoms. The van der Waals surface area contributed by atoms with Crippen LogP contribution < -0.4 is 11.1 Å². The van der Waals surface area contributed by atoms with E-state index in [0.717, 1.165) is 32.6 Å². The van der Waals surface area contributed by atoms with Gasteiger partial charge in [-0.05, 0) is 26.3 Å². The lowest BCUT2D eigenvalue weighted by Gasteiger charge is -2.12. The second-order valence-corrected chi connectivity index (χ2v) is 3.62. The number of ether oxygens (including phenoxy) is 1. The molecule has 1 atom stereocenters. The summed E-state index contributed by atoms with van der Waals surface area (Å²) < 4.78 is 5.34. The van der Waals surface area contributed by atoms with E-state index in [1.807, 2.05) is 6.92 Å². The largest absolute Gasteiger partial charge is 0.409 e. The number of nitrogens with zero attached hydrogens (tertiary/aromatic N) is 1. The smallest absolute Gasteiger partial charge is 0.140 e. The Balaban J connectivity index is 3.27. The fourth-order valence-corrected chi connectivity index (χ4v) is 1.20. The normalized spacial score (nSPS) is 14.1. The summed E-state index contributed by atoms with van der Waals surface area (Å²) in [4.78, 5) is 0. The Labute approximate surface area is 91.7 Å². The fraction of sp³-hybridized carbons (Fsp3) is 0.900. The second-order valence-electron chi connectivity index (χ2n) is 3.62. The van der Waals surface area contributed by atoms with E-state index in [1.165, 1.54) is 0 Å². The molecule has 0 rings (SSSR count). The maximum Gasteiger partial charge on any atom is 0.140 e. The maximum absolute atomic E-state index is 8.37. The van der Waals surface area contributed by atoms with Crippen LogP contribution in [-0.4, -0.2) is 36.8 Å². The summed E-state index contributed by atoms with van der Waals surface area (Å²) in [6.07, 6.45) is 2.61. The molecule has 1 unspecified atom stereocenters. The topological polar surface area (TPSA) is 79.9 Å². The first-order chi connectivity index (χ1) is 7.20. The van der Waals surface area contributed by atoms with Crippen molar-refractivity contribution in [1.82, 2.24) is 5.32 Å². The standard InChI is InChI=1S/C10H23N3O2/c1-3-6-15-7-4-5-12-9(2)8-10(11)13-14/h9,12,14H,3-8H2,1-2H3,(H2,11,13). The van der Waals surface area contributed by atoms with Gasteiger partial charge in [0.1, 0.15) is 5.84 Å². The molecule has 15 heavy (non-hydrogen) atoms. The third-order valence-corrected chi connectivity index (χ3v) is 1.95. The van der Waals surface area contributed by atoms with Crippen LogP contribution in [0.25, 0.3) is 0 Å². The van der Waals surface area contributed by atoms with Gasteiger partial charge in [0.05, 0.1) is 0 Å². The summed E-state index contributed by atoms with van der Waals surface area (Å²) in [5.41, 5.74) is 5.38. The molecule has 0 saturated heterocycles. The Morgan fingerprint density at radius 2 is 2.27 bits per heavy atom. The summed E-state index contributed by atoms with van der Waals surface area (Å²) in [7, 11) is 0. The fourth-order valence-electron chi connectivity index (χ4n) is 1.20. The maximum atomic E-state index is 8.37. The molecule has 0 fully saturated rings. The molecular formula is C10H23N3O2. The molecule has 0 aromatic rings. The van der Waals surface area contributed by atoms with Crippen LogP contribution in [0.2, 0.25) is 0 Å². The molecule has 0 bridgehead atoms. The number of nitrogens with two attached hydrogens (primary N) is 1. The van der Waals surface area contributed by atoms with E-state index in [9.17, 15) is 0 Å². The number of amidine groups is 1. The third-order valence-electron chi connectivity index (χ3n) is 1.95. The Morgan fingerprint density at radius 1 is 1.53 bits per heavy atom. The van der Waals surface area contributed by atoms with Crippen molar-refractivity contribution in [2.45, 2.75) is 39.2 Å². The van der Waals surface area contributed by atoms with Gasteiger partial charge >= 0.3 is 0 Å². The Hall–Kier alpha value is -0.810. The molecular weight excluding hydrogens is 194 g/mol. The minimum Gasteiger partial charge on any atom is -0.409 e. The molecule has 0 aliphatic heterocycles. The highest BCUT2D eigenvalue weighted by Crippen LogP contribution is 1.91. The van der Waals surface area contributed by atoms with Gasteiger partial charge in [0, 0.05) is 25.7 Å². The molecule has 5 nitrogen and oxygen atoms in total. The van der Waals surface area contributed by atoms with Crippen molar-refractivity contribution in [1.29, 1.82) is 0 Å². The lowest BCUT2D eigenvalue weighted by molar-refractivity contribution is 0.132. The molecule has 90 valence electrons. The second kappa shape index (κ2) is 9.73. The van der Waals surface area contributed by atoms with Gasteiger partial charge in [-0.3, -0.25) is 0 Å². The number of oxime groups is 1. The van der Waals surface area contributed by atoms with Gasteiger partial charge in [-0.15, -0.1) is 0 Å². The number of nitrogens with one attached hydrogen (secondary N) is 1. The predicted molar refractivity (Wildman–Crippen MR) is 61.2 cm³/mol. The van der Waals surface area contributed by atoms with Gasteiger partial charge in [0.2, 0.25) is 0 Å². The van der Waals surface area contributed by atoms with Crippen LogP contribution in [0.15, 0.2) is 5.16 Å². The molecule has 0 radical (unpaired) electrons. The molecule has 0 heterocycles. The minimum atomic E-state index is 0.229. The van der Waals surface area contributed by atoms with Crippen LogP contribution in [0.1, 0.15) is 33.1 Å². The molecule has 0 aliphatic rings. The van der Waals surface area contributed by atoms with E-state index in [1.54, 1.807) is 0 Å². The van der Waals surface area contributed by atoms with E-state index in [0.29, 0.717) is 6.42 Å². The zero-order chi connectivity index (χ0) is 11.5. The van der Waals surface area contributed by atoms with Crippen molar-refractivity contribution in [2.75, 3.05) is 19.8 Å². The van der Waals surface area contributed by atoms with Crippen LogP contribution in [0.3, 0.4) is 0 Å². The van der Waals surface area contributed by atoms with Crippen molar-refractivity contribution >= 4 is 5.84 Å². The van der Waals surface area contributed by atoms with Gasteiger partial charge in [-0.1, -0.05) is 12.1 Å². The van der Waals surface area contributed by atoms with Crippen LogP contribution in [0, 0.1) is 0 Å². The van der Waals surface area contributed by atoms with E-state index in [-0.39, 0.29) is 11.9 Å². The summed E-state index contributed by atoms with van der Waals surface area (Å²) >= 11 is 0. The Bertz CT molecular complexity index is 174.